The molecule has 0 unspecified atom stereocenters. The first-order chi connectivity index (χ1) is 19.0. The first kappa shape index (κ1) is 31.3. The van der Waals surface area contributed by atoms with Crippen LogP contribution in [0.1, 0.15) is 51.7 Å². The highest BCUT2D eigenvalue weighted by atomic mass is 16.7. The molecule has 40 heavy (non-hydrogen) atoms. The lowest BCUT2D eigenvalue weighted by Gasteiger charge is -2.12. The van der Waals surface area contributed by atoms with Gasteiger partial charge < -0.3 is 10.1 Å². The van der Waals surface area contributed by atoms with Crippen LogP contribution in [-0.4, -0.2) is 42.2 Å². The minimum absolute atomic E-state index is 0.398. The van der Waals surface area contributed by atoms with E-state index in [1.54, 1.807) is 64.1 Å². The average Bonchev–Trinajstić information content (AvgIpc) is 2.92. The normalized spacial score (nSPS) is 11.2. The fourth-order valence-corrected chi connectivity index (χ4v) is 2.88. The zero-order valence-corrected chi connectivity index (χ0v) is 23.3. The number of amides is 4. The maximum atomic E-state index is 12.3. The molecule has 2 aromatic carbocycles. The van der Waals surface area contributed by atoms with Gasteiger partial charge in [-0.1, -0.05) is 24.2 Å². The molecule has 0 bridgehead atoms. The Balaban J connectivity index is 1.82. The van der Waals surface area contributed by atoms with Crippen LogP contribution in [0.3, 0.4) is 0 Å². The smallest absolute Gasteiger partial charge is 0.437 e. The maximum Gasteiger partial charge on any atom is 0.437 e. The predicted molar refractivity (Wildman–Crippen MR) is 153 cm³/mol. The van der Waals surface area contributed by atoms with Crippen molar-refractivity contribution in [3.63, 3.8) is 0 Å². The zero-order chi connectivity index (χ0) is 29.7. The van der Waals surface area contributed by atoms with Crippen molar-refractivity contribution in [1.82, 2.24) is 0 Å². The monoisotopic (exact) mass is 554 g/mol. The highest BCUT2D eigenvalue weighted by Gasteiger charge is 2.12. The number of rotatable bonds is 10. The number of nitrogens with zero attached hydrogens (tertiary/aromatic N) is 2. The van der Waals surface area contributed by atoms with Crippen molar-refractivity contribution in [2.45, 2.75) is 54.4 Å². The van der Waals surface area contributed by atoms with E-state index in [-0.39, 0.29) is 0 Å². The molecule has 13 nitrogen and oxygen atoms in total. The summed E-state index contributed by atoms with van der Waals surface area (Å²) in [5.41, 5.74) is 4.45. The van der Waals surface area contributed by atoms with Gasteiger partial charge in [0.1, 0.15) is 0 Å². The summed E-state index contributed by atoms with van der Waals surface area (Å²) >= 11 is 0. The fourth-order valence-electron chi connectivity index (χ4n) is 2.88. The Morgan fingerprint density at radius 2 is 1.12 bits per heavy atom. The predicted octanol–water partition coefficient (Wildman–Crippen LogP) is 6.16. The van der Waals surface area contributed by atoms with Crippen LogP contribution in [0.2, 0.25) is 0 Å². The molecule has 0 aliphatic heterocycles. The summed E-state index contributed by atoms with van der Waals surface area (Å²) < 4.78 is 4.99. The lowest BCUT2D eigenvalue weighted by Crippen LogP contribution is -2.23. The number of benzene rings is 2. The van der Waals surface area contributed by atoms with Crippen LogP contribution in [0.4, 0.5) is 37.1 Å². The molecule has 0 saturated carbocycles. The van der Waals surface area contributed by atoms with Crippen molar-refractivity contribution in [3.05, 3.63) is 47.5 Å². The number of anilines is 4. The van der Waals surface area contributed by atoms with Crippen LogP contribution in [0.25, 0.3) is 0 Å². The molecular formula is C27H34N6O7. The van der Waals surface area contributed by atoms with Crippen LogP contribution < -0.4 is 21.3 Å². The van der Waals surface area contributed by atoms with E-state index in [2.05, 4.69) is 31.6 Å². The molecule has 0 fully saturated rings. The SMILES string of the molecule is CC/C(C)=N/OC(=O)Nc1ccc(NC(=O)COC(=O)Nc2ccc(NC(=O)O/N=C(\C)CC)c(C)c2)cc1C. The third-order valence-electron chi connectivity index (χ3n) is 5.38. The average molecular weight is 555 g/mol. The second-order valence-corrected chi connectivity index (χ2v) is 8.68. The molecule has 0 radical (unpaired) electrons. The maximum absolute atomic E-state index is 12.3. The van der Waals surface area contributed by atoms with E-state index in [0.29, 0.717) is 58.1 Å². The molecule has 214 valence electrons. The molecule has 13 heteroatoms. The molecule has 4 amide bonds. The van der Waals surface area contributed by atoms with Crippen LogP contribution in [0.15, 0.2) is 46.7 Å². The van der Waals surface area contributed by atoms with E-state index in [0.717, 1.165) is 0 Å². The van der Waals surface area contributed by atoms with Crippen molar-refractivity contribution < 1.29 is 33.6 Å². The van der Waals surface area contributed by atoms with Gasteiger partial charge in [0.15, 0.2) is 6.61 Å². The molecule has 2 rings (SSSR count). The molecular weight excluding hydrogens is 520 g/mol. The minimum Gasteiger partial charge on any atom is -0.439 e. The molecule has 0 aliphatic carbocycles. The van der Waals surface area contributed by atoms with E-state index in [4.69, 9.17) is 14.4 Å². The van der Waals surface area contributed by atoms with Gasteiger partial charge in [-0.3, -0.25) is 30.4 Å². The molecule has 4 N–H and O–H groups in total. The molecule has 0 atom stereocenters. The van der Waals surface area contributed by atoms with Crippen LogP contribution >= 0.6 is 0 Å². The molecule has 2 aromatic rings. The fraction of sp³-hybridized carbons (Fsp3) is 0.333. The Morgan fingerprint density at radius 3 is 1.55 bits per heavy atom. The number of carbonyl (C=O) groups is 4. The largest absolute Gasteiger partial charge is 0.439 e. The summed E-state index contributed by atoms with van der Waals surface area (Å²) in [5.74, 6) is -0.561. The van der Waals surface area contributed by atoms with E-state index < -0.39 is 30.8 Å². The summed E-state index contributed by atoms with van der Waals surface area (Å²) in [5, 5.41) is 17.7. The Kier molecular flexibility index (Phi) is 12.1. The number of hydrogen-bond acceptors (Lipinski definition) is 9. The Hall–Kier alpha value is -4.94. The Morgan fingerprint density at radius 1 is 0.675 bits per heavy atom. The third-order valence-corrected chi connectivity index (χ3v) is 5.38. The van der Waals surface area contributed by atoms with Gasteiger partial charge >= 0.3 is 18.3 Å². The number of ether oxygens (including phenoxy) is 1. The van der Waals surface area contributed by atoms with Gasteiger partial charge in [-0.05, 0) is 88.1 Å². The van der Waals surface area contributed by atoms with Gasteiger partial charge in [-0.15, -0.1) is 0 Å². The van der Waals surface area contributed by atoms with Gasteiger partial charge in [-0.2, -0.15) is 0 Å². The molecule has 0 spiro atoms. The lowest BCUT2D eigenvalue weighted by molar-refractivity contribution is -0.118. The topological polar surface area (TPSA) is 169 Å². The first-order valence-electron chi connectivity index (χ1n) is 12.5. The first-order valence-corrected chi connectivity index (χ1v) is 12.5. The summed E-state index contributed by atoms with van der Waals surface area (Å²) in [6.07, 6.45) is -0.995. The van der Waals surface area contributed by atoms with Gasteiger partial charge in [0.05, 0.1) is 11.4 Å². The van der Waals surface area contributed by atoms with Gasteiger partial charge in [0.25, 0.3) is 5.91 Å². The van der Waals surface area contributed by atoms with E-state index in [9.17, 15) is 19.2 Å². The highest BCUT2D eigenvalue weighted by molar-refractivity contribution is 5.95. The molecule has 0 saturated heterocycles. The zero-order valence-electron chi connectivity index (χ0n) is 23.3. The number of nitrogens with one attached hydrogen (secondary N) is 4. The van der Waals surface area contributed by atoms with E-state index in [1.807, 2.05) is 13.8 Å². The number of oxime groups is 2. The molecule has 0 heterocycles. The number of aryl methyl sites for hydroxylation is 2. The van der Waals surface area contributed by atoms with Crippen molar-refractivity contribution >= 4 is 58.4 Å². The van der Waals surface area contributed by atoms with Crippen molar-refractivity contribution in [3.8, 4) is 0 Å². The quantitative estimate of drug-likeness (QED) is 0.155. The van der Waals surface area contributed by atoms with Crippen molar-refractivity contribution in [2.24, 2.45) is 10.3 Å². The summed E-state index contributed by atoms with van der Waals surface area (Å²) in [7, 11) is 0. The minimum atomic E-state index is -0.839. The number of carbonyl (C=O) groups excluding carboxylic acids is 4. The molecule has 0 aliphatic rings. The van der Waals surface area contributed by atoms with Crippen molar-refractivity contribution in [2.75, 3.05) is 27.9 Å². The van der Waals surface area contributed by atoms with Crippen LogP contribution in [0.5, 0.6) is 0 Å². The third kappa shape index (κ3) is 10.8. The van der Waals surface area contributed by atoms with Gasteiger partial charge in [0.2, 0.25) is 0 Å². The van der Waals surface area contributed by atoms with Crippen molar-refractivity contribution in [1.29, 1.82) is 0 Å². The Labute approximate surface area is 232 Å². The summed E-state index contributed by atoms with van der Waals surface area (Å²) in [6.45, 7) is 10.2. The molecule has 0 aromatic heterocycles. The summed E-state index contributed by atoms with van der Waals surface area (Å²) in [6, 6.07) is 9.55. The Bertz CT molecular complexity index is 1210. The highest BCUT2D eigenvalue weighted by Crippen LogP contribution is 2.21. The van der Waals surface area contributed by atoms with E-state index >= 15 is 0 Å². The standard InChI is InChI=1S/C27H34N6O7/c1-7-18(5)32-39-26(36)30-22-11-9-20(13-16(22)3)28-24(34)15-38-25(35)29-21-10-12-23(17(4)14-21)31-27(37)40-33-19(6)8-2/h9-14H,7-8,15H2,1-6H3,(H,28,34)(H,29,35)(H,30,36)(H,31,37)/b32-18+,33-19+. The summed E-state index contributed by atoms with van der Waals surface area (Å²) in [4.78, 5) is 57.7. The van der Waals surface area contributed by atoms with Crippen LogP contribution in [0, 0.1) is 13.8 Å². The lowest BCUT2D eigenvalue weighted by atomic mass is 10.2. The van der Waals surface area contributed by atoms with Crippen LogP contribution in [-0.2, 0) is 19.2 Å². The number of hydrogen-bond donors (Lipinski definition) is 4. The second kappa shape index (κ2) is 15.5. The van der Waals surface area contributed by atoms with Gasteiger partial charge in [-0.25, -0.2) is 14.4 Å². The second-order valence-electron chi connectivity index (χ2n) is 8.68. The van der Waals surface area contributed by atoms with E-state index in [1.165, 1.54) is 0 Å². The van der Waals surface area contributed by atoms with Gasteiger partial charge in [0, 0.05) is 22.7 Å².